The van der Waals surface area contributed by atoms with Crippen LogP contribution in [0.1, 0.15) is 28.3 Å². The van der Waals surface area contributed by atoms with Crippen molar-refractivity contribution in [3.8, 4) is 0 Å². The van der Waals surface area contributed by atoms with Crippen molar-refractivity contribution in [2.24, 2.45) is 0 Å². The van der Waals surface area contributed by atoms with E-state index in [1.807, 2.05) is 17.0 Å². The highest BCUT2D eigenvalue weighted by atomic mass is 16.5. The van der Waals surface area contributed by atoms with E-state index in [-0.39, 0.29) is 12.1 Å². The predicted octanol–water partition coefficient (Wildman–Crippen LogP) is 5.21. The Balaban J connectivity index is 1.36. The Kier molecular flexibility index (Phi) is 6.31. The zero-order valence-corrected chi connectivity index (χ0v) is 19.2. The summed E-state index contributed by atoms with van der Waals surface area (Å²) in [6, 6.07) is 25.2. The predicted molar refractivity (Wildman–Crippen MR) is 133 cm³/mol. The molecule has 0 radical (unpaired) electrons. The van der Waals surface area contributed by atoms with Gasteiger partial charge in [0.05, 0.1) is 19.3 Å². The summed E-state index contributed by atoms with van der Waals surface area (Å²) in [7, 11) is 0. The zero-order valence-electron chi connectivity index (χ0n) is 19.2. The number of benzene rings is 3. The molecule has 0 spiro atoms. The Bertz CT molecular complexity index is 1110. The van der Waals surface area contributed by atoms with Gasteiger partial charge in [0.15, 0.2) is 0 Å². The van der Waals surface area contributed by atoms with Gasteiger partial charge in [-0.1, -0.05) is 54.6 Å². The van der Waals surface area contributed by atoms with Gasteiger partial charge in [0.25, 0.3) is 0 Å². The highest BCUT2D eigenvalue weighted by Crippen LogP contribution is 2.33. The van der Waals surface area contributed by atoms with Crippen LogP contribution >= 0.6 is 0 Å². The standard InChI is InChI=1S/C28H31N3O2/c1-21-19-24(30-15-17-33-18-16-30)11-12-26(21)29-28(32)31-14-13-23-9-5-6-10-25(23)27(31)20-22-7-3-2-4-8-22/h2-12,19,27H,13-18,20H2,1H3,(H,29,32). The van der Waals surface area contributed by atoms with Crippen molar-refractivity contribution < 1.29 is 9.53 Å². The molecule has 1 fully saturated rings. The highest BCUT2D eigenvalue weighted by molar-refractivity contribution is 5.91. The van der Waals surface area contributed by atoms with E-state index in [1.54, 1.807) is 0 Å². The molecule has 3 aromatic rings. The number of nitrogens with one attached hydrogen (secondary N) is 1. The number of morpholine rings is 1. The van der Waals surface area contributed by atoms with Crippen LogP contribution < -0.4 is 10.2 Å². The first-order valence-electron chi connectivity index (χ1n) is 11.8. The van der Waals surface area contributed by atoms with Crippen molar-refractivity contribution >= 4 is 17.4 Å². The van der Waals surface area contributed by atoms with Crippen LogP contribution in [-0.2, 0) is 17.6 Å². The molecular weight excluding hydrogens is 410 g/mol. The maximum absolute atomic E-state index is 13.5. The van der Waals surface area contributed by atoms with Crippen molar-refractivity contribution in [1.82, 2.24) is 4.90 Å². The molecule has 3 aromatic carbocycles. The van der Waals surface area contributed by atoms with Crippen molar-refractivity contribution in [3.05, 3.63) is 95.1 Å². The summed E-state index contributed by atoms with van der Waals surface area (Å²) in [5, 5.41) is 3.20. The molecule has 1 unspecified atom stereocenters. The average molecular weight is 442 g/mol. The Morgan fingerprint density at radius 3 is 2.52 bits per heavy atom. The Morgan fingerprint density at radius 2 is 1.73 bits per heavy atom. The van der Waals surface area contributed by atoms with Crippen LogP contribution in [-0.4, -0.2) is 43.8 Å². The lowest BCUT2D eigenvalue weighted by Crippen LogP contribution is -2.43. The maximum Gasteiger partial charge on any atom is 0.322 e. The Hall–Kier alpha value is -3.31. The third kappa shape index (κ3) is 4.74. The first kappa shape index (κ1) is 21.5. The van der Waals surface area contributed by atoms with Crippen molar-refractivity contribution in [2.45, 2.75) is 25.8 Å². The fourth-order valence-electron chi connectivity index (χ4n) is 4.95. The van der Waals surface area contributed by atoms with Crippen LogP contribution in [0.2, 0.25) is 0 Å². The number of ether oxygens (including phenoxy) is 1. The summed E-state index contributed by atoms with van der Waals surface area (Å²) >= 11 is 0. The molecule has 2 heterocycles. The van der Waals surface area contributed by atoms with Crippen molar-refractivity contribution in [2.75, 3.05) is 43.1 Å². The maximum atomic E-state index is 13.5. The van der Waals surface area contributed by atoms with Crippen molar-refractivity contribution in [3.63, 3.8) is 0 Å². The molecule has 2 amide bonds. The second-order valence-corrected chi connectivity index (χ2v) is 8.88. The van der Waals surface area contributed by atoms with Gasteiger partial charge in [0, 0.05) is 31.0 Å². The number of nitrogens with zero attached hydrogens (tertiary/aromatic N) is 2. The Morgan fingerprint density at radius 1 is 0.970 bits per heavy atom. The molecular formula is C28H31N3O2. The molecule has 5 heteroatoms. The number of amides is 2. The minimum absolute atomic E-state index is 0.0188. The SMILES string of the molecule is Cc1cc(N2CCOCC2)ccc1NC(=O)N1CCc2ccccc2C1Cc1ccccc1. The third-order valence-corrected chi connectivity index (χ3v) is 6.77. The van der Waals surface area contributed by atoms with E-state index in [0.29, 0.717) is 6.54 Å². The summed E-state index contributed by atoms with van der Waals surface area (Å²) in [4.78, 5) is 17.8. The van der Waals surface area contributed by atoms with E-state index in [2.05, 4.69) is 77.8 Å². The van der Waals surface area contributed by atoms with Crippen LogP contribution in [0.25, 0.3) is 0 Å². The minimum atomic E-state index is -0.0346. The van der Waals surface area contributed by atoms with Gasteiger partial charge in [-0.05, 0) is 60.2 Å². The smallest absolute Gasteiger partial charge is 0.322 e. The van der Waals surface area contributed by atoms with Crippen LogP contribution in [0.4, 0.5) is 16.2 Å². The van der Waals surface area contributed by atoms with E-state index in [9.17, 15) is 4.79 Å². The average Bonchev–Trinajstić information content (AvgIpc) is 2.86. The van der Waals surface area contributed by atoms with Gasteiger partial charge in [-0.25, -0.2) is 4.79 Å². The number of rotatable bonds is 4. The normalized spacial score (nSPS) is 18.0. The van der Waals surface area contributed by atoms with Gasteiger partial charge >= 0.3 is 6.03 Å². The number of hydrogen-bond donors (Lipinski definition) is 1. The second kappa shape index (κ2) is 9.67. The molecule has 33 heavy (non-hydrogen) atoms. The molecule has 1 N–H and O–H groups in total. The van der Waals surface area contributed by atoms with Gasteiger partial charge in [0.2, 0.25) is 0 Å². The van der Waals surface area contributed by atoms with Crippen LogP contribution in [0.3, 0.4) is 0 Å². The Labute approximate surface area is 196 Å². The molecule has 0 saturated carbocycles. The summed E-state index contributed by atoms with van der Waals surface area (Å²) in [5.41, 5.74) is 6.96. The number of carbonyl (C=O) groups excluding carboxylic acids is 1. The molecule has 2 aliphatic heterocycles. The third-order valence-electron chi connectivity index (χ3n) is 6.77. The van der Waals surface area contributed by atoms with Gasteiger partial charge < -0.3 is 19.9 Å². The lowest BCUT2D eigenvalue weighted by atomic mass is 9.89. The first-order chi connectivity index (χ1) is 16.2. The van der Waals surface area contributed by atoms with Crippen LogP contribution in [0.5, 0.6) is 0 Å². The van der Waals surface area contributed by atoms with Gasteiger partial charge in [-0.3, -0.25) is 0 Å². The quantitative estimate of drug-likeness (QED) is 0.605. The molecule has 170 valence electrons. The first-order valence-corrected chi connectivity index (χ1v) is 11.8. The molecule has 5 nitrogen and oxygen atoms in total. The summed E-state index contributed by atoms with van der Waals surface area (Å²) < 4.78 is 5.47. The van der Waals surface area contributed by atoms with Gasteiger partial charge in [0.1, 0.15) is 0 Å². The largest absolute Gasteiger partial charge is 0.378 e. The number of aryl methyl sites for hydroxylation is 1. The minimum Gasteiger partial charge on any atom is -0.378 e. The lowest BCUT2D eigenvalue weighted by molar-refractivity contribution is 0.122. The van der Waals surface area contributed by atoms with E-state index in [4.69, 9.17) is 4.74 Å². The highest BCUT2D eigenvalue weighted by Gasteiger charge is 2.31. The number of fused-ring (bicyclic) bond motifs is 1. The van der Waals surface area contributed by atoms with E-state index < -0.39 is 0 Å². The van der Waals surface area contributed by atoms with Crippen LogP contribution in [0.15, 0.2) is 72.8 Å². The molecule has 0 aliphatic carbocycles. The molecule has 1 saturated heterocycles. The lowest BCUT2D eigenvalue weighted by Gasteiger charge is -2.37. The molecule has 1 atom stereocenters. The number of urea groups is 1. The number of anilines is 2. The zero-order chi connectivity index (χ0) is 22.6. The molecule has 2 aliphatic rings. The molecule has 5 rings (SSSR count). The fourth-order valence-corrected chi connectivity index (χ4v) is 4.95. The summed E-state index contributed by atoms with van der Waals surface area (Å²) in [5.74, 6) is 0. The van der Waals surface area contributed by atoms with Gasteiger partial charge in [-0.15, -0.1) is 0 Å². The van der Waals surface area contributed by atoms with Gasteiger partial charge in [-0.2, -0.15) is 0 Å². The summed E-state index contributed by atoms with van der Waals surface area (Å²) in [6.45, 7) is 6.10. The number of carbonyl (C=O) groups is 1. The fraction of sp³-hybridized carbons (Fsp3) is 0.321. The monoisotopic (exact) mass is 441 g/mol. The van der Waals surface area contributed by atoms with E-state index >= 15 is 0 Å². The molecule has 0 aromatic heterocycles. The summed E-state index contributed by atoms with van der Waals surface area (Å²) in [6.07, 6.45) is 1.68. The topological polar surface area (TPSA) is 44.8 Å². The van der Waals surface area contributed by atoms with Crippen LogP contribution in [0, 0.1) is 6.92 Å². The van der Waals surface area contributed by atoms with E-state index in [0.717, 1.165) is 50.4 Å². The molecule has 0 bridgehead atoms. The second-order valence-electron chi connectivity index (χ2n) is 8.88. The van der Waals surface area contributed by atoms with E-state index in [1.165, 1.54) is 22.4 Å². The van der Waals surface area contributed by atoms with Crippen molar-refractivity contribution in [1.29, 1.82) is 0 Å². The number of hydrogen-bond acceptors (Lipinski definition) is 3.